The van der Waals surface area contributed by atoms with Crippen molar-refractivity contribution in [3.8, 4) is 28.3 Å². The minimum absolute atomic E-state index is 0.0531. The van der Waals surface area contributed by atoms with E-state index in [1.54, 1.807) is 24.3 Å². The number of rotatable bonds is 6. The summed E-state index contributed by atoms with van der Waals surface area (Å²) in [6.45, 7) is 0.214. The Morgan fingerprint density at radius 2 is 1.87 bits per heavy atom. The van der Waals surface area contributed by atoms with Crippen molar-refractivity contribution >= 4 is 32.4 Å². The van der Waals surface area contributed by atoms with Gasteiger partial charge in [0.05, 0.1) is 29.2 Å². The second kappa shape index (κ2) is 10.5. The highest BCUT2D eigenvalue weighted by Gasteiger charge is 2.39. The summed E-state index contributed by atoms with van der Waals surface area (Å²) >= 11 is 0. The Kier molecular flexibility index (Phi) is 6.80. The first-order chi connectivity index (χ1) is 21.5. The summed E-state index contributed by atoms with van der Waals surface area (Å²) < 4.78 is 82.1. The van der Waals surface area contributed by atoms with Gasteiger partial charge in [0.15, 0.2) is 6.73 Å². The van der Waals surface area contributed by atoms with Crippen LogP contribution in [0.3, 0.4) is 0 Å². The van der Waals surface area contributed by atoms with Crippen LogP contribution in [0.2, 0.25) is 0 Å². The first-order valence-electron chi connectivity index (χ1n) is 14.0. The van der Waals surface area contributed by atoms with Crippen LogP contribution < -0.4 is 19.3 Å². The Morgan fingerprint density at radius 1 is 1.07 bits per heavy atom. The molecule has 13 heteroatoms. The Hall–Kier alpha value is -4.59. The van der Waals surface area contributed by atoms with Gasteiger partial charge in [-0.05, 0) is 49.5 Å². The van der Waals surface area contributed by atoms with E-state index in [1.165, 1.54) is 32.3 Å². The molecule has 4 heterocycles. The second-order valence-electron chi connectivity index (χ2n) is 11.0. The lowest BCUT2D eigenvalue weighted by Gasteiger charge is -2.33. The number of aromatic nitrogens is 1. The Balaban J connectivity index is 1.45. The average molecular weight is 637 g/mol. The van der Waals surface area contributed by atoms with Gasteiger partial charge in [-0.2, -0.15) is 0 Å². The lowest BCUT2D eigenvalue weighted by Crippen LogP contribution is -2.34. The third kappa shape index (κ3) is 4.69. The van der Waals surface area contributed by atoms with Crippen molar-refractivity contribution in [3.63, 3.8) is 0 Å². The monoisotopic (exact) mass is 636 g/mol. The number of ether oxygens (including phenoxy) is 1. The van der Waals surface area contributed by atoms with Crippen LogP contribution in [0.5, 0.6) is 5.75 Å². The third-order valence-electron chi connectivity index (χ3n) is 8.42. The maximum atomic E-state index is 15.0. The highest BCUT2D eigenvalue weighted by molar-refractivity contribution is 7.92. The summed E-state index contributed by atoms with van der Waals surface area (Å²) in [6, 6.07) is 14.1. The molecule has 2 aromatic heterocycles. The molecule has 9 nitrogen and oxygen atoms in total. The predicted octanol–water partition coefficient (Wildman–Crippen LogP) is 5.64. The second-order valence-corrected chi connectivity index (χ2v) is 13.1. The molecule has 0 bridgehead atoms. The van der Waals surface area contributed by atoms with E-state index in [9.17, 15) is 26.7 Å². The first-order valence-corrected chi connectivity index (χ1v) is 15.8. The molecule has 0 spiro atoms. The highest BCUT2D eigenvalue weighted by atomic mass is 32.2. The van der Waals surface area contributed by atoms with E-state index in [0.717, 1.165) is 22.3 Å². The largest absolute Gasteiger partial charge is 0.471 e. The summed E-state index contributed by atoms with van der Waals surface area (Å²) in [6.07, 6.45) is 0.0912. The number of furan rings is 1. The molecule has 2 aliphatic rings. The van der Waals surface area contributed by atoms with Crippen LogP contribution in [0, 0.1) is 17.5 Å². The summed E-state index contributed by atoms with van der Waals surface area (Å²) in [5.74, 6) is -1.52. The van der Waals surface area contributed by atoms with Crippen LogP contribution in [0.4, 0.5) is 24.5 Å². The van der Waals surface area contributed by atoms with Crippen LogP contribution in [0.25, 0.3) is 33.6 Å². The number of hydrogen-bond donors (Lipinski definition) is 2. The molecule has 0 aliphatic carbocycles. The van der Waals surface area contributed by atoms with Crippen LogP contribution in [0.1, 0.15) is 29.1 Å². The van der Waals surface area contributed by atoms with Gasteiger partial charge in [-0.1, -0.05) is 6.07 Å². The number of fused-ring (bicyclic) bond motifs is 6. The van der Waals surface area contributed by atoms with E-state index in [1.807, 2.05) is 11.0 Å². The van der Waals surface area contributed by atoms with Gasteiger partial charge in [0.1, 0.15) is 46.5 Å². The smallest absolute Gasteiger partial charge is 0.232 e. The summed E-state index contributed by atoms with van der Waals surface area (Å²) in [4.78, 5) is 6.87. The quantitative estimate of drug-likeness (QED) is 0.231. The molecule has 0 fully saturated rings. The van der Waals surface area contributed by atoms with Crippen molar-refractivity contribution in [3.05, 3.63) is 94.9 Å². The fourth-order valence-corrected chi connectivity index (χ4v) is 6.60. The summed E-state index contributed by atoms with van der Waals surface area (Å²) in [5, 5.41) is 14.1. The molecular weight excluding hydrogens is 609 g/mol. The van der Waals surface area contributed by atoms with Crippen molar-refractivity contribution in [2.75, 3.05) is 36.3 Å². The van der Waals surface area contributed by atoms with E-state index in [2.05, 4.69) is 5.32 Å². The molecule has 0 radical (unpaired) electrons. The molecule has 0 amide bonds. The molecule has 5 aromatic rings. The maximum Gasteiger partial charge on any atom is 0.232 e. The first kappa shape index (κ1) is 29.1. The fourth-order valence-electron chi connectivity index (χ4n) is 6.09. The molecule has 2 aliphatic heterocycles. The number of aliphatic hydroxyl groups excluding tert-OH is 1. The van der Waals surface area contributed by atoms with Crippen molar-refractivity contribution in [2.45, 2.75) is 18.7 Å². The topological polar surface area (TPSA) is 108 Å². The van der Waals surface area contributed by atoms with Gasteiger partial charge in [-0.3, -0.25) is 9.62 Å². The summed E-state index contributed by atoms with van der Waals surface area (Å²) in [5.41, 5.74) is 3.03. The van der Waals surface area contributed by atoms with Crippen LogP contribution >= 0.6 is 0 Å². The van der Waals surface area contributed by atoms with Crippen molar-refractivity contribution in [1.82, 2.24) is 10.3 Å². The molecule has 2 atom stereocenters. The predicted molar refractivity (Wildman–Crippen MR) is 163 cm³/mol. The fraction of sp³-hybridized carbons (Fsp3) is 0.219. The number of aliphatic hydroxyl groups is 1. The van der Waals surface area contributed by atoms with E-state index in [0.29, 0.717) is 46.1 Å². The third-order valence-corrected chi connectivity index (χ3v) is 9.61. The molecule has 7 rings (SSSR count). The SMILES string of the molecule is CNC(O)c1c(-c2ccc(F)cc2F)oc2cc(N(C)S(C)(=O)=O)c(-c3ccc4c(n3)C3Cc5c(F)cccc5N3CO4)cc12. The van der Waals surface area contributed by atoms with E-state index in [-0.39, 0.29) is 46.7 Å². The zero-order chi connectivity index (χ0) is 31.8. The lowest BCUT2D eigenvalue weighted by atomic mass is 9.99. The van der Waals surface area contributed by atoms with Gasteiger partial charge in [-0.25, -0.2) is 26.6 Å². The molecule has 3 aromatic carbocycles. The standard InChI is InChI=1S/C32H27F3N4O5S/c1-36-32(40)29-20-12-19(23-9-10-27-30(37-23)26-13-18-21(34)5-4-6-24(18)39(26)15-43-27)25(38(2)45(3,41)42)14-28(20)44-31(29)17-8-7-16(33)11-22(17)35/h4-12,14,26,32,36,40H,13,15H2,1-3H3. The normalized spacial score (nSPS) is 16.2. The number of nitrogens with one attached hydrogen (secondary N) is 1. The van der Waals surface area contributed by atoms with Crippen molar-refractivity contribution < 1.29 is 35.8 Å². The van der Waals surface area contributed by atoms with Gasteiger partial charge >= 0.3 is 0 Å². The Morgan fingerprint density at radius 3 is 2.60 bits per heavy atom. The van der Waals surface area contributed by atoms with Gasteiger partial charge in [0, 0.05) is 53.4 Å². The van der Waals surface area contributed by atoms with Crippen LogP contribution in [-0.2, 0) is 16.4 Å². The number of nitrogens with zero attached hydrogens (tertiary/aromatic N) is 3. The van der Waals surface area contributed by atoms with Gasteiger partial charge in [-0.15, -0.1) is 0 Å². The van der Waals surface area contributed by atoms with Crippen molar-refractivity contribution in [1.29, 1.82) is 0 Å². The maximum absolute atomic E-state index is 15.0. The molecule has 2 unspecified atom stereocenters. The Bertz CT molecular complexity index is 2120. The van der Waals surface area contributed by atoms with Gasteiger partial charge in [0.25, 0.3) is 0 Å². The molecular formula is C32H27F3N4O5S. The summed E-state index contributed by atoms with van der Waals surface area (Å²) in [7, 11) is -0.908. The number of anilines is 2. The number of benzene rings is 3. The number of hydrogen-bond acceptors (Lipinski definition) is 8. The Labute approximate surface area is 256 Å². The molecule has 2 N–H and O–H groups in total. The average Bonchev–Trinajstić information content (AvgIpc) is 3.58. The number of halogens is 3. The zero-order valence-electron chi connectivity index (χ0n) is 24.3. The minimum atomic E-state index is -3.79. The van der Waals surface area contributed by atoms with E-state index >= 15 is 0 Å². The van der Waals surface area contributed by atoms with Crippen molar-refractivity contribution in [2.24, 2.45) is 0 Å². The van der Waals surface area contributed by atoms with Gasteiger partial charge in [0.2, 0.25) is 10.0 Å². The van der Waals surface area contributed by atoms with E-state index < -0.39 is 27.9 Å². The number of pyridine rings is 1. The lowest BCUT2D eigenvalue weighted by molar-refractivity contribution is 0.150. The molecule has 0 saturated carbocycles. The van der Waals surface area contributed by atoms with Gasteiger partial charge < -0.3 is 19.2 Å². The molecule has 232 valence electrons. The minimum Gasteiger partial charge on any atom is -0.471 e. The molecule has 45 heavy (non-hydrogen) atoms. The highest BCUT2D eigenvalue weighted by Crippen LogP contribution is 2.48. The van der Waals surface area contributed by atoms with Crippen LogP contribution in [-0.4, -0.2) is 45.6 Å². The number of sulfonamides is 1. The molecule has 0 saturated heterocycles. The van der Waals surface area contributed by atoms with E-state index in [4.69, 9.17) is 14.1 Å². The zero-order valence-corrected chi connectivity index (χ0v) is 25.1. The van der Waals surface area contributed by atoms with Crippen LogP contribution in [0.15, 0.2) is 65.1 Å².